The summed E-state index contributed by atoms with van der Waals surface area (Å²) < 4.78 is 14.7. The highest BCUT2D eigenvalue weighted by Gasteiger charge is 2.21. The summed E-state index contributed by atoms with van der Waals surface area (Å²) in [4.78, 5) is 11.9. The van der Waals surface area contributed by atoms with Gasteiger partial charge in [-0.2, -0.15) is 9.49 Å². The summed E-state index contributed by atoms with van der Waals surface area (Å²) in [6.45, 7) is 5.63. The van der Waals surface area contributed by atoms with Crippen LogP contribution in [-0.2, 0) is 7.05 Å². The number of carbonyl (C=O) groups excluding carboxylic acids is 1. The Bertz CT molecular complexity index is 477. The van der Waals surface area contributed by atoms with E-state index in [1.54, 1.807) is 6.92 Å². The number of nitrogens with zero attached hydrogens (tertiary/aromatic N) is 2. The molecule has 0 saturated heterocycles. The molecule has 0 radical (unpaired) electrons. The summed E-state index contributed by atoms with van der Waals surface area (Å²) in [5.74, 6) is -0.988. The van der Waals surface area contributed by atoms with Crippen molar-refractivity contribution in [1.82, 2.24) is 15.1 Å². The van der Waals surface area contributed by atoms with Crippen LogP contribution in [0.1, 0.15) is 55.6 Å². The molecule has 19 heavy (non-hydrogen) atoms. The second kappa shape index (κ2) is 7.07. The van der Waals surface area contributed by atoms with E-state index in [0.29, 0.717) is 5.69 Å². The molecule has 0 spiro atoms. The molecule has 0 bridgehead atoms. The lowest BCUT2D eigenvalue weighted by molar-refractivity contribution is 0.0958. The molecule has 1 aromatic heterocycles. The van der Waals surface area contributed by atoms with Gasteiger partial charge in [0.25, 0.3) is 5.91 Å². The number of carbonyl (C=O) groups is 1. The van der Waals surface area contributed by atoms with Gasteiger partial charge in [0.1, 0.15) is 5.56 Å². The van der Waals surface area contributed by atoms with Crippen LogP contribution in [0.2, 0.25) is 0 Å². The molecule has 0 aromatic carbocycles. The number of amides is 1. The summed E-state index contributed by atoms with van der Waals surface area (Å²) in [7, 11) is 1.49. The van der Waals surface area contributed by atoms with Crippen LogP contribution >= 0.6 is 0 Å². The summed E-state index contributed by atoms with van der Waals surface area (Å²) in [6, 6.07) is 0. The van der Waals surface area contributed by atoms with Gasteiger partial charge in [-0.05, 0) is 32.6 Å². The molecule has 1 amide bonds. The molecule has 1 aromatic rings. The first-order chi connectivity index (χ1) is 9.09. The van der Waals surface area contributed by atoms with E-state index in [1.807, 2.05) is 19.9 Å². The van der Waals surface area contributed by atoms with Crippen molar-refractivity contribution < 1.29 is 9.18 Å². The van der Waals surface area contributed by atoms with Crippen LogP contribution in [-0.4, -0.2) is 15.7 Å². The summed E-state index contributed by atoms with van der Waals surface area (Å²) in [5, 5.41) is 6.65. The van der Waals surface area contributed by atoms with E-state index in [4.69, 9.17) is 0 Å². The molecule has 0 atom stereocenters. The van der Waals surface area contributed by atoms with Gasteiger partial charge < -0.3 is 5.32 Å². The number of halogens is 1. The van der Waals surface area contributed by atoms with E-state index in [0.717, 1.165) is 36.1 Å². The maximum atomic E-state index is 13.6. The van der Waals surface area contributed by atoms with Crippen LogP contribution in [0, 0.1) is 12.9 Å². The van der Waals surface area contributed by atoms with Crippen LogP contribution < -0.4 is 5.32 Å². The Morgan fingerprint density at radius 2 is 2.11 bits per heavy atom. The van der Waals surface area contributed by atoms with Crippen molar-refractivity contribution in [1.29, 1.82) is 0 Å². The Labute approximate surface area is 113 Å². The summed E-state index contributed by atoms with van der Waals surface area (Å²) in [6.07, 6.45) is 6.06. The van der Waals surface area contributed by atoms with Gasteiger partial charge in [-0.3, -0.25) is 4.79 Å². The molecule has 5 heteroatoms. The molecule has 2 rings (SSSR count). The number of rotatable bonds is 2. The minimum atomic E-state index is -0.587. The smallest absolute Gasteiger partial charge is 0.261 e. The third-order valence-electron chi connectivity index (χ3n) is 2.94. The minimum Gasteiger partial charge on any atom is -0.326 e. The van der Waals surface area contributed by atoms with E-state index in [1.165, 1.54) is 7.05 Å². The predicted octanol–water partition coefficient (Wildman–Crippen LogP) is 3.08. The highest BCUT2D eigenvalue weighted by atomic mass is 19.1. The number of allylic oxidation sites excluding steroid dienone is 2. The Morgan fingerprint density at radius 1 is 1.42 bits per heavy atom. The topological polar surface area (TPSA) is 46.9 Å². The van der Waals surface area contributed by atoms with Gasteiger partial charge >= 0.3 is 0 Å². The molecule has 106 valence electrons. The molecule has 1 aliphatic rings. The third-order valence-corrected chi connectivity index (χ3v) is 2.94. The first kappa shape index (κ1) is 15.4. The molecular weight excluding hydrogens is 245 g/mol. The number of hydrogen-bond donors (Lipinski definition) is 1. The third kappa shape index (κ3) is 3.66. The molecule has 4 nitrogen and oxygen atoms in total. The normalized spacial score (nSPS) is 14.3. The van der Waals surface area contributed by atoms with Gasteiger partial charge in [0.15, 0.2) is 0 Å². The maximum absolute atomic E-state index is 13.6. The summed E-state index contributed by atoms with van der Waals surface area (Å²) in [5.41, 5.74) is 1.35. The van der Waals surface area contributed by atoms with Crippen molar-refractivity contribution >= 4 is 5.91 Å². The average Bonchev–Trinajstić information content (AvgIpc) is 2.67. The van der Waals surface area contributed by atoms with Crippen molar-refractivity contribution in [2.75, 3.05) is 0 Å². The fraction of sp³-hybridized carbons (Fsp3) is 0.571. The lowest BCUT2D eigenvalue weighted by Crippen LogP contribution is -2.25. The molecule has 1 aliphatic carbocycles. The van der Waals surface area contributed by atoms with Gasteiger partial charge in [0, 0.05) is 12.7 Å². The van der Waals surface area contributed by atoms with Crippen LogP contribution in [0.4, 0.5) is 4.39 Å². The fourth-order valence-corrected chi connectivity index (χ4v) is 2.05. The van der Waals surface area contributed by atoms with Crippen LogP contribution in [0.5, 0.6) is 0 Å². The molecule has 0 fully saturated rings. The van der Waals surface area contributed by atoms with E-state index in [-0.39, 0.29) is 5.56 Å². The fourth-order valence-electron chi connectivity index (χ4n) is 2.05. The van der Waals surface area contributed by atoms with E-state index >= 15 is 0 Å². The first-order valence-corrected chi connectivity index (χ1v) is 6.79. The number of aromatic nitrogens is 2. The zero-order chi connectivity index (χ0) is 14.4. The maximum Gasteiger partial charge on any atom is 0.261 e. The molecular formula is C14H22FN3O. The molecule has 0 saturated carbocycles. The quantitative estimate of drug-likeness (QED) is 0.895. The van der Waals surface area contributed by atoms with Crippen LogP contribution in [0.15, 0.2) is 11.8 Å². The number of hydrogen-bond acceptors (Lipinski definition) is 2. The van der Waals surface area contributed by atoms with E-state index in [9.17, 15) is 9.18 Å². The highest BCUT2D eigenvalue weighted by Crippen LogP contribution is 2.17. The lowest BCUT2D eigenvalue weighted by Gasteiger charge is -2.13. The Kier molecular flexibility index (Phi) is 5.73. The second-order valence-electron chi connectivity index (χ2n) is 4.30. The van der Waals surface area contributed by atoms with Gasteiger partial charge in [-0.1, -0.05) is 19.9 Å². The van der Waals surface area contributed by atoms with Gasteiger partial charge in [0.2, 0.25) is 5.95 Å². The lowest BCUT2D eigenvalue weighted by atomic mass is 10.0. The Hall–Kier alpha value is -1.65. The Morgan fingerprint density at radius 3 is 2.58 bits per heavy atom. The summed E-state index contributed by atoms with van der Waals surface area (Å²) >= 11 is 0. The van der Waals surface area contributed by atoms with Gasteiger partial charge in [0.05, 0.1) is 5.69 Å². The van der Waals surface area contributed by atoms with E-state index in [2.05, 4.69) is 10.4 Å². The zero-order valence-electron chi connectivity index (χ0n) is 12.1. The highest BCUT2D eigenvalue weighted by molar-refractivity contribution is 5.96. The van der Waals surface area contributed by atoms with E-state index < -0.39 is 11.9 Å². The van der Waals surface area contributed by atoms with Crippen LogP contribution in [0.25, 0.3) is 0 Å². The SMILES string of the molecule is CC.Cc1nn(C)c(F)c1C(=O)NC1=CCCCC1. The molecule has 0 aliphatic heterocycles. The van der Waals surface area contributed by atoms with Crippen molar-refractivity contribution in [3.63, 3.8) is 0 Å². The van der Waals surface area contributed by atoms with Crippen molar-refractivity contribution in [3.05, 3.63) is 29.0 Å². The average molecular weight is 267 g/mol. The molecule has 1 heterocycles. The first-order valence-electron chi connectivity index (χ1n) is 6.79. The van der Waals surface area contributed by atoms with Crippen molar-refractivity contribution in [3.8, 4) is 0 Å². The molecule has 0 unspecified atom stereocenters. The second-order valence-corrected chi connectivity index (χ2v) is 4.30. The molecule has 1 N–H and O–H groups in total. The standard InChI is InChI=1S/C12H16FN3O.C2H6/c1-8-10(11(13)16(2)15-8)12(17)14-9-6-4-3-5-7-9;1-2/h6H,3-5,7H2,1-2H3,(H,14,17);1-2H3. The predicted molar refractivity (Wildman–Crippen MR) is 73.3 cm³/mol. The number of aryl methyl sites for hydroxylation is 2. The van der Waals surface area contributed by atoms with Gasteiger partial charge in [-0.25, -0.2) is 4.68 Å². The Balaban J connectivity index is 0.000000861. The van der Waals surface area contributed by atoms with Gasteiger partial charge in [-0.15, -0.1) is 0 Å². The minimum absolute atomic E-state index is 0.0407. The monoisotopic (exact) mass is 267 g/mol. The van der Waals surface area contributed by atoms with Crippen molar-refractivity contribution in [2.24, 2.45) is 7.05 Å². The number of nitrogens with one attached hydrogen (secondary N) is 1. The zero-order valence-corrected chi connectivity index (χ0v) is 12.1. The van der Waals surface area contributed by atoms with Crippen LogP contribution in [0.3, 0.4) is 0 Å². The van der Waals surface area contributed by atoms with Crippen molar-refractivity contribution in [2.45, 2.75) is 46.5 Å². The largest absolute Gasteiger partial charge is 0.326 e.